The second-order valence-electron chi connectivity index (χ2n) is 5.67. The highest BCUT2D eigenvalue weighted by Gasteiger charge is 2.20. The zero-order valence-corrected chi connectivity index (χ0v) is 11.8. The van der Waals surface area contributed by atoms with E-state index in [1.165, 1.54) is 25.7 Å². The van der Waals surface area contributed by atoms with E-state index in [0.717, 1.165) is 12.5 Å². The normalized spacial score (nSPS) is 23.2. The SMILES string of the molecule is CC1CCCCC1NCCn1c(=O)oc2cccnc21. The topological polar surface area (TPSA) is 60.1 Å². The Hall–Kier alpha value is -1.62. The predicted octanol–water partition coefficient (Wildman–Crippen LogP) is 2.16. The number of fused-ring (bicyclic) bond motifs is 1. The Morgan fingerprint density at radius 2 is 2.30 bits per heavy atom. The van der Waals surface area contributed by atoms with Crippen LogP contribution in [-0.4, -0.2) is 22.1 Å². The lowest BCUT2D eigenvalue weighted by molar-refractivity contribution is 0.278. The summed E-state index contributed by atoms with van der Waals surface area (Å²) in [6.45, 7) is 3.68. The molecule has 0 spiro atoms. The van der Waals surface area contributed by atoms with Crippen LogP contribution in [0, 0.1) is 5.92 Å². The van der Waals surface area contributed by atoms with Crippen LogP contribution in [0.4, 0.5) is 0 Å². The first-order chi connectivity index (χ1) is 9.75. The Bertz CT molecular complexity index is 631. The van der Waals surface area contributed by atoms with Crippen molar-refractivity contribution in [1.82, 2.24) is 14.9 Å². The van der Waals surface area contributed by atoms with E-state index in [9.17, 15) is 4.79 Å². The first-order valence-electron chi connectivity index (χ1n) is 7.43. The van der Waals surface area contributed by atoms with Crippen molar-refractivity contribution in [1.29, 1.82) is 0 Å². The van der Waals surface area contributed by atoms with E-state index in [-0.39, 0.29) is 5.76 Å². The minimum absolute atomic E-state index is 0.322. The minimum Gasteiger partial charge on any atom is -0.406 e. The van der Waals surface area contributed by atoms with Crippen LogP contribution < -0.4 is 11.1 Å². The first kappa shape index (κ1) is 13.4. The summed E-state index contributed by atoms with van der Waals surface area (Å²) < 4.78 is 6.79. The van der Waals surface area contributed by atoms with Crippen LogP contribution in [0.15, 0.2) is 27.5 Å². The monoisotopic (exact) mass is 275 g/mol. The van der Waals surface area contributed by atoms with Gasteiger partial charge in [-0.15, -0.1) is 0 Å². The molecule has 5 nitrogen and oxygen atoms in total. The quantitative estimate of drug-likeness (QED) is 0.929. The Kier molecular flexibility index (Phi) is 3.87. The van der Waals surface area contributed by atoms with Gasteiger partial charge in [0.2, 0.25) is 0 Å². The van der Waals surface area contributed by atoms with Gasteiger partial charge in [0.25, 0.3) is 0 Å². The number of aromatic nitrogens is 2. The Balaban J connectivity index is 1.65. The zero-order chi connectivity index (χ0) is 13.9. The molecule has 0 saturated heterocycles. The number of oxazole rings is 1. The molecule has 0 aromatic carbocycles. The van der Waals surface area contributed by atoms with Crippen molar-refractivity contribution in [3.05, 3.63) is 28.9 Å². The van der Waals surface area contributed by atoms with Gasteiger partial charge in [0.1, 0.15) is 0 Å². The second kappa shape index (κ2) is 5.79. The standard InChI is InChI=1S/C15H21N3O2/c1-11-5-2-3-6-12(11)16-9-10-18-14-13(20-15(18)19)7-4-8-17-14/h4,7-8,11-12,16H,2-3,5-6,9-10H2,1H3. The van der Waals surface area contributed by atoms with Crippen LogP contribution in [0.25, 0.3) is 11.2 Å². The average molecular weight is 275 g/mol. The van der Waals surface area contributed by atoms with Gasteiger partial charge in [-0.1, -0.05) is 19.8 Å². The molecule has 108 valence electrons. The molecule has 0 amide bonds. The smallest absolute Gasteiger partial charge is 0.406 e. The number of nitrogens with zero attached hydrogens (tertiary/aromatic N) is 2. The van der Waals surface area contributed by atoms with Crippen molar-refractivity contribution in [2.75, 3.05) is 6.54 Å². The summed E-state index contributed by atoms with van der Waals surface area (Å²) in [5.74, 6) is 0.400. The van der Waals surface area contributed by atoms with Crippen LogP contribution in [0.1, 0.15) is 32.6 Å². The zero-order valence-electron chi connectivity index (χ0n) is 11.8. The van der Waals surface area contributed by atoms with Crippen LogP contribution >= 0.6 is 0 Å². The molecule has 5 heteroatoms. The fourth-order valence-corrected chi connectivity index (χ4v) is 3.08. The Morgan fingerprint density at radius 1 is 1.45 bits per heavy atom. The summed E-state index contributed by atoms with van der Waals surface area (Å²) in [5.41, 5.74) is 1.19. The van der Waals surface area contributed by atoms with E-state index in [1.54, 1.807) is 22.9 Å². The van der Waals surface area contributed by atoms with Gasteiger partial charge in [0.15, 0.2) is 11.2 Å². The van der Waals surface area contributed by atoms with E-state index in [0.29, 0.717) is 23.8 Å². The molecule has 20 heavy (non-hydrogen) atoms. The summed E-state index contributed by atoms with van der Waals surface area (Å²) >= 11 is 0. The average Bonchev–Trinajstić information content (AvgIpc) is 2.77. The van der Waals surface area contributed by atoms with Gasteiger partial charge >= 0.3 is 5.76 Å². The maximum atomic E-state index is 11.8. The maximum absolute atomic E-state index is 11.8. The molecule has 0 bridgehead atoms. The largest absolute Gasteiger partial charge is 0.421 e. The fraction of sp³-hybridized carbons (Fsp3) is 0.600. The third kappa shape index (κ3) is 2.63. The lowest BCUT2D eigenvalue weighted by Gasteiger charge is -2.29. The highest BCUT2D eigenvalue weighted by molar-refractivity contribution is 5.67. The van der Waals surface area contributed by atoms with Crippen LogP contribution in [0.2, 0.25) is 0 Å². The van der Waals surface area contributed by atoms with Gasteiger partial charge in [-0.2, -0.15) is 0 Å². The molecule has 1 N–H and O–H groups in total. The van der Waals surface area contributed by atoms with Gasteiger partial charge in [0.05, 0.1) is 0 Å². The van der Waals surface area contributed by atoms with Crippen molar-refractivity contribution < 1.29 is 4.42 Å². The van der Waals surface area contributed by atoms with Crippen LogP contribution in [0.3, 0.4) is 0 Å². The molecular weight excluding hydrogens is 254 g/mol. The molecule has 1 aliphatic rings. The Morgan fingerprint density at radius 3 is 3.15 bits per heavy atom. The van der Waals surface area contributed by atoms with Gasteiger partial charge in [0, 0.05) is 25.3 Å². The lowest BCUT2D eigenvalue weighted by Crippen LogP contribution is -2.39. The maximum Gasteiger partial charge on any atom is 0.421 e. The first-order valence-corrected chi connectivity index (χ1v) is 7.43. The van der Waals surface area contributed by atoms with E-state index in [2.05, 4.69) is 17.2 Å². The highest BCUT2D eigenvalue weighted by atomic mass is 16.4. The summed E-state index contributed by atoms with van der Waals surface area (Å²) in [5, 5.41) is 3.57. The lowest BCUT2D eigenvalue weighted by atomic mass is 9.86. The number of hydrogen-bond acceptors (Lipinski definition) is 4. The van der Waals surface area contributed by atoms with Gasteiger partial charge in [-0.25, -0.2) is 9.78 Å². The summed E-state index contributed by atoms with van der Waals surface area (Å²) in [6.07, 6.45) is 6.87. The molecule has 2 unspecified atom stereocenters. The van der Waals surface area contributed by atoms with E-state index < -0.39 is 0 Å². The fourth-order valence-electron chi connectivity index (χ4n) is 3.08. The van der Waals surface area contributed by atoms with Crippen molar-refractivity contribution in [3.63, 3.8) is 0 Å². The third-order valence-electron chi connectivity index (χ3n) is 4.28. The number of nitrogens with one attached hydrogen (secondary N) is 1. The number of rotatable bonds is 4. The van der Waals surface area contributed by atoms with Gasteiger partial charge in [-0.05, 0) is 30.9 Å². The molecule has 2 aromatic rings. The number of hydrogen-bond donors (Lipinski definition) is 1. The van der Waals surface area contributed by atoms with Gasteiger partial charge in [-0.3, -0.25) is 4.57 Å². The van der Waals surface area contributed by atoms with Crippen molar-refractivity contribution in [2.45, 2.75) is 45.2 Å². The highest BCUT2D eigenvalue weighted by Crippen LogP contribution is 2.23. The summed E-state index contributed by atoms with van der Waals surface area (Å²) in [7, 11) is 0. The van der Waals surface area contributed by atoms with Crippen molar-refractivity contribution in [2.24, 2.45) is 5.92 Å². The molecule has 3 rings (SSSR count). The minimum atomic E-state index is -0.322. The van der Waals surface area contributed by atoms with Crippen molar-refractivity contribution >= 4 is 11.2 Å². The van der Waals surface area contributed by atoms with E-state index in [1.807, 2.05) is 0 Å². The van der Waals surface area contributed by atoms with Gasteiger partial charge < -0.3 is 9.73 Å². The number of pyridine rings is 1. The third-order valence-corrected chi connectivity index (χ3v) is 4.28. The summed E-state index contributed by atoms with van der Waals surface area (Å²) in [4.78, 5) is 16.0. The molecule has 1 fully saturated rings. The molecule has 1 aliphatic carbocycles. The molecule has 2 aromatic heterocycles. The van der Waals surface area contributed by atoms with Crippen LogP contribution in [-0.2, 0) is 6.54 Å². The molecular formula is C15H21N3O2. The summed E-state index contributed by atoms with van der Waals surface area (Å²) in [6, 6.07) is 4.12. The molecule has 0 aliphatic heterocycles. The molecule has 0 radical (unpaired) electrons. The van der Waals surface area contributed by atoms with Crippen molar-refractivity contribution in [3.8, 4) is 0 Å². The molecule has 1 saturated carbocycles. The predicted molar refractivity (Wildman–Crippen MR) is 77.7 cm³/mol. The molecule has 2 atom stereocenters. The van der Waals surface area contributed by atoms with E-state index >= 15 is 0 Å². The second-order valence-corrected chi connectivity index (χ2v) is 5.67. The molecule has 2 heterocycles. The van der Waals surface area contributed by atoms with E-state index in [4.69, 9.17) is 4.42 Å². The Labute approximate surface area is 118 Å². The van der Waals surface area contributed by atoms with Crippen LogP contribution in [0.5, 0.6) is 0 Å².